The number of aryl methyl sites for hydroxylation is 1. The predicted molar refractivity (Wildman–Crippen MR) is 91.6 cm³/mol. The summed E-state index contributed by atoms with van der Waals surface area (Å²) in [5.74, 6) is 0.397. The van der Waals surface area contributed by atoms with Crippen molar-refractivity contribution in [3.05, 3.63) is 58.0 Å². The molecular weight excluding hydrogens is 290 g/mol. The molecule has 6 nitrogen and oxygen atoms in total. The molecule has 2 aromatic rings. The molecule has 3 rings (SSSR count). The number of aromatic amines is 1. The van der Waals surface area contributed by atoms with Crippen molar-refractivity contribution in [2.24, 2.45) is 5.10 Å². The van der Waals surface area contributed by atoms with Crippen LogP contribution in [0.1, 0.15) is 24.1 Å². The first-order valence-electron chi connectivity index (χ1n) is 7.85. The highest BCUT2D eigenvalue weighted by atomic mass is 16.1. The molecule has 6 heteroatoms. The summed E-state index contributed by atoms with van der Waals surface area (Å²) in [5.41, 5.74) is 5.82. The standard InChI is InChI=1S/C17H21N5O/c1-13-11-16(23)19-17(18-13)21-20-15-7-9-22(10-8-15)12-14-5-3-2-4-6-14/h2-6,11H,7-10,12H2,1H3,(H2,18,19,21,23). The van der Waals surface area contributed by atoms with Gasteiger partial charge in [0.15, 0.2) is 0 Å². The summed E-state index contributed by atoms with van der Waals surface area (Å²) in [6, 6.07) is 12.0. The Morgan fingerprint density at radius 1 is 1.26 bits per heavy atom. The molecule has 0 amide bonds. The highest BCUT2D eigenvalue weighted by Crippen LogP contribution is 2.12. The first kappa shape index (κ1) is 15.4. The molecule has 1 aromatic heterocycles. The Kier molecular flexibility index (Phi) is 4.83. The Bertz CT molecular complexity index is 728. The van der Waals surface area contributed by atoms with Gasteiger partial charge in [-0.15, -0.1) is 0 Å². The number of nitrogens with zero attached hydrogens (tertiary/aromatic N) is 3. The van der Waals surface area contributed by atoms with Gasteiger partial charge in [0.05, 0.1) is 0 Å². The lowest BCUT2D eigenvalue weighted by Gasteiger charge is -2.27. The number of hydrogen-bond acceptors (Lipinski definition) is 5. The van der Waals surface area contributed by atoms with Gasteiger partial charge in [0.25, 0.3) is 5.56 Å². The largest absolute Gasteiger partial charge is 0.298 e. The average molecular weight is 311 g/mol. The van der Waals surface area contributed by atoms with E-state index in [1.54, 1.807) is 6.92 Å². The molecule has 0 atom stereocenters. The summed E-state index contributed by atoms with van der Waals surface area (Å²) in [6.45, 7) is 4.75. The van der Waals surface area contributed by atoms with Crippen LogP contribution in [0, 0.1) is 6.92 Å². The normalized spacial score (nSPS) is 15.4. The molecule has 23 heavy (non-hydrogen) atoms. The Balaban J connectivity index is 1.53. The van der Waals surface area contributed by atoms with Crippen LogP contribution in [-0.4, -0.2) is 33.7 Å². The van der Waals surface area contributed by atoms with Gasteiger partial charge in [0.2, 0.25) is 5.95 Å². The number of aromatic nitrogens is 2. The van der Waals surface area contributed by atoms with Crippen LogP contribution in [0.4, 0.5) is 5.95 Å². The van der Waals surface area contributed by atoms with Crippen molar-refractivity contribution in [2.45, 2.75) is 26.3 Å². The summed E-state index contributed by atoms with van der Waals surface area (Å²) in [4.78, 5) is 20.7. The summed E-state index contributed by atoms with van der Waals surface area (Å²) < 4.78 is 0. The monoisotopic (exact) mass is 311 g/mol. The number of anilines is 1. The topological polar surface area (TPSA) is 73.4 Å². The van der Waals surface area contributed by atoms with Crippen LogP contribution in [-0.2, 0) is 6.54 Å². The second kappa shape index (κ2) is 7.19. The minimum atomic E-state index is -0.169. The van der Waals surface area contributed by atoms with E-state index in [9.17, 15) is 4.79 Å². The molecular formula is C17H21N5O. The van der Waals surface area contributed by atoms with Crippen LogP contribution in [0.15, 0.2) is 46.3 Å². The quantitative estimate of drug-likeness (QED) is 0.849. The van der Waals surface area contributed by atoms with Crippen LogP contribution < -0.4 is 11.0 Å². The lowest BCUT2D eigenvalue weighted by molar-refractivity contribution is 0.266. The van der Waals surface area contributed by atoms with E-state index in [0.29, 0.717) is 11.6 Å². The van der Waals surface area contributed by atoms with E-state index in [-0.39, 0.29) is 5.56 Å². The van der Waals surface area contributed by atoms with Crippen LogP contribution >= 0.6 is 0 Å². The number of nitrogens with one attached hydrogen (secondary N) is 2. The number of hydrogen-bond donors (Lipinski definition) is 2. The molecule has 0 radical (unpaired) electrons. The maximum absolute atomic E-state index is 11.4. The fourth-order valence-electron chi connectivity index (χ4n) is 2.69. The third-order valence-corrected chi connectivity index (χ3v) is 3.87. The SMILES string of the molecule is Cc1cc(=O)[nH]c(NN=C2CCN(Cc3ccccc3)CC2)n1. The molecule has 120 valence electrons. The molecule has 0 bridgehead atoms. The second-order valence-electron chi connectivity index (χ2n) is 5.79. The van der Waals surface area contributed by atoms with E-state index in [1.165, 1.54) is 11.6 Å². The van der Waals surface area contributed by atoms with Gasteiger partial charge in [-0.3, -0.25) is 14.7 Å². The number of hydrazone groups is 1. The van der Waals surface area contributed by atoms with E-state index >= 15 is 0 Å². The molecule has 1 aliphatic rings. The molecule has 1 saturated heterocycles. The fraction of sp³-hybridized carbons (Fsp3) is 0.353. The minimum absolute atomic E-state index is 0.169. The summed E-state index contributed by atoms with van der Waals surface area (Å²) in [6.07, 6.45) is 1.85. The Hall–Kier alpha value is -2.47. The smallest absolute Gasteiger partial charge is 0.252 e. The van der Waals surface area contributed by atoms with Crippen molar-refractivity contribution in [3.63, 3.8) is 0 Å². The molecule has 1 aromatic carbocycles. The Labute approximate surface area is 135 Å². The van der Waals surface area contributed by atoms with Crippen molar-refractivity contribution >= 4 is 11.7 Å². The van der Waals surface area contributed by atoms with E-state index in [4.69, 9.17) is 0 Å². The lowest BCUT2D eigenvalue weighted by Crippen LogP contribution is -2.33. The van der Waals surface area contributed by atoms with Crippen LogP contribution in [0.5, 0.6) is 0 Å². The number of likely N-dealkylation sites (tertiary alicyclic amines) is 1. The molecule has 1 aliphatic heterocycles. The maximum Gasteiger partial charge on any atom is 0.252 e. The molecule has 0 saturated carbocycles. The van der Waals surface area contributed by atoms with Crippen molar-refractivity contribution in [1.29, 1.82) is 0 Å². The second-order valence-corrected chi connectivity index (χ2v) is 5.79. The molecule has 1 fully saturated rings. The van der Waals surface area contributed by atoms with Crippen LogP contribution in [0.3, 0.4) is 0 Å². The third kappa shape index (κ3) is 4.50. The van der Waals surface area contributed by atoms with Gasteiger partial charge in [-0.25, -0.2) is 10.4 Å². The van der Waals surface area contributed by atoms with Crippen molar-refractivity contribution in [2.75, 3.05) is 18.5 Å². The molecule has 0 spiro atoms. The van der Waals surface area contributed by atoms with Crippen molar-refractivity contribution in [3.8, 4) is 0 Å². The summed E-state index contributed by atoms with van der Waals surface area (Å²) in [5, 5.41) is 4.38. The predicted octanol–water partition coefficient (Wildman–Crippen LogP) is 2.14. The molecule has 0 aliphatic carbocycles. The molecule has 2 heterocycles. The maximum atomic E-state index is 11.4. The fourth-order valence-corrected chi connectivity index (χ4v) is 2.69. The first-order chi connectivity index (χ1) is 11.2. The highest BCUT2D eigenvalue weighted by molar-refractivity contribution is 5.85. The number of H-pyrrole nitrogens is 1. The minimum Gasteiger partial charge on any atom is -0.298 e. The van der Waals surface area contributed by atoms with Gasteiger partial charge in [-0.2, -0.15) is 5.10 Å². The highest BCUT2D eigenvalue weighted by Gasteiger charge is 2.15. The summed E-state index contributed by atoms with van der Waals surface area (Å²) in [7, 11) is 0. The van der Waals surface area contributed by atoms with E-state index in [1.807, 2.05) is 6.07 Å². The van der Waals surface area contributed by atoms with Gasteiger partial charge in [0, 0.05) is 49.9 Å². The Morgan fingerprint density at radius 2 is 2.00 bits per heavy atom. The van der Waals surface area contributed by atoms with E-state index in [0.717, 1.165) is 38.2 Å². The summed E-state index contributed by atoms with van der Waals surface area (Å²) >= 11 is 0. The lowest BCUT2D eigenvalue weighted by atomic mass is 10.1. The van der Waals surface area contributed by atoms with Gasteiger partial charge in [0.1, 0.15) is 0 Å². The van der Waals surface area contributed by atoms with Crippen LogP contribution in [0.25, 0.3) is 0 Å². The van der Waals surface area contributed by atoms with Crippen molar-refractivity contribution < 1.29 is 0 Å². The number of benzene rings is 1. The van der Waals surface area contributed by atoms with Crippen molar-refractivity contribution in [1.82, 2.24) is 14.9 Å². The van der Waals surface area contributed by atoms with Gasteiger partial charge >= 0.3 is 0 Å². The molecule has 0 unspecified atom stereocenters. The number of piperidine rings is 1. The van der Waals surface area contributed by atoms with Crippen LogP contribution in [0.2, 0.25) is 0 Å². The zero-order valence-electron chi connectivity index (χ0n) is 13.2. The first-order valence-corrected chi connectivity index (χ1v) is 7.85. The van der Waals surface area contributed by atoms with E-state index in [2.05, 4.69) is 49.7 Å². The molecule has 2 N–H and O–H groups in total. The van der Waals surface area contributed by atoms with Gasteiger partial charge in [-0.05, 0) is 12.5 Å². The zero-order valence-corrected chi connectivity index (χ0v) is 13.2. The van der Waals surface area contributed by atoms with Gasteiger partial charge in [-0.1, -0.05) is 30.3 Å². The van der Waals surface area contributed by atoms with Gasteiger partial charge < -0.3 is 0 Å². The third-order valence-electron chi connectivity index (χ3n) is 3.87. The van der Waals surface area contributed by atoms with E-state index < -0.39 is 0 Å². The zero-order chi connectivity index (χ0) is 16.1. The average Bonchev–Trinajstić information content (AvgIpc) is 2.54. The Morgan fingerprint density at radius 3 is 2.70 bits per heavy atom. The number of rotatable bonds is 4.